The molecule has 1 amide bonds. The van der Waals surface area contributed by atoms with Crippen molar-refractivity contribution < 1.29 is 18.0 Å². The van der Waals surface area contributed by atoms with Crippen LogP contribution >= 0.6 is 0 Å². The van der Waals surface area contributed by atoms with Crippen LogP contribution in [0.25, 0.3) is 0 Å². The Morgan fingerprint density at radius 1 is 1.59 bits per heavy atom. The molecule has 4 nitrogen and oxygen atoms in total. The quantitative estimate of drug-likeness (QED) is 0.884. The number of amides is 1. The second-order valence-corrected chi connectivity index (χ2v) is 3.87. The molecule has 1 atom stereocenters. The summed E-state index contributed by atoms with van der Waals surface area (Å²) >= 11 is 0. The van der Waals surface area contributed by atoms with E-state index in [4.69, 9.17) is 0 Å². The zero-order valence-electron chi connectivity index (χ0n) is 9.80. The SMILES string of the molecule is CNC(=O)C(C)Cn1nc(C(F)(F)F)cc1C. The number of nitrogens with zero attached hydrogens (tertiary/aromatic N) is 2. The first-order valence-electron chi connectivity index (χ1n) is 5.09. The van der Waals surface area contributed by atoms with Gasteiger partial charge in [0.25, 0.3) is 0 Å². The van der Waals surface area contributed by atoms with E-state index in [9.17, 15) is 18.0 Å². The van der Waals surface area contributed by atoms with Crippen LogP contribution < -0.4 is 5.32 Å². The fourth-order valence-corrected chi connectivity index (χ4v) is 1.42. The highest BCUT2D eigenvalue weighted by atomic mass is 19.4. The van der Waals surface area contributed by atoms with E-state index in [0.29, 0.717) is 5.69 Å². The van der Waals surface area contributed by atoms with Gasteiger partial charge in [0.05, 0.1) is 12.5 Å². The zero-order chi connectivity index (χ0) is 13.2. The first kappa shape index (κ1) is 13.5. The third-order valence-electron chi connectivity index (χ3n) is 2.41. The Balaban J connectivity index is 2.86. The topological polar surface area (TPSA) is 46.9 Å². The summed E-state index contributed by atoms with van der Waals surface area (Å²) < 4.78 is 38.4. The minimum atomic E-state index is -4.45. The van der Waals surface area contributed by atoms with Gasteiger partial charge in [-0.1, -0.05) is 6.92 Å². The van der Waals surface area contributed by atoms with E-state index < -0.39 is 17.8 Å². The van der Waals surface area contributed by atoms with Crippen LogP contribution in [0.4, 0.5) is 13.2 Å². The minimum absolute atomic E-state index is 0.127. The monoisotopic (exact) mass is 249 g/mol. The number of nitrogens with one attached hydrogen (secondary N) is 1. The van der Waals surface area contributed by atoms with Crippen LogP contribution in [0, 0.1) is 12.8 Å². The third-order valence-corrected chi connectivity index (χ3v) is 2.41. The van der Waals surface area contributed by atoms with Crippen LogP contribution in [0.5, 0.6) is 0 Å². The largest absolute Gasteiger partial charge is 0.435 e. The lowest BCUT2D eigenvalue weighted by Gasteiger charge is -2.11. The molecule has 1 heterocycles. The van der Waals surface area contributed by atoms with E-state index >= 15 is 0 Å². The van der Waals surface area contributed by atoms with Gasteiger partial charge in [-0.25, -0.2) is 0 Å². The molecule has 1 aromatic heterocycles. The molecular formula is C10H14F3N3O. The highest BCUT2D eigenvalue weighted by Crippen LogP contribution is 2.28. The van der Waals surface area contributed by atoms with Crippen LogP contribution in [0.3, 0.4) is 0 Å². The molecule has 1 unspecified atom stereocenters. The highest BCUT2D eigenvalue weighted by molar-refractivity contribution is 5.77. The fourth-order valence-electron chi connectivity index (χ4n) is 1.42. The molecule has 0 bridgehead atoms. The normalized spacial score (nSPS) is 13.5. The first-order chi connectivity index (χ1) is 7.75. The zero-order valence-corrected chi connectivity index (χ0v) is 9.80. The average molecular weight is 249 g/mol. The van der Waals surface area contributed by atoms with Crippen LogP contribution in [-0.2, 0) is 17.5 Å². The summed E-state index contributed by atoms with van der Waals surface area (Å²) in [5.74, 6) is -0.659. The molecule has 1 aromatic rings. The lowest BCUT2D eigenvalue weighted by atomic mass is 10.1. The number of hydrogen-bond acceptors (Lipinski definition) is 2. The molecule has 17 heavy (non-hydrogen) atoms. The Labute approximate surface area is 96.8 Å². The molecule has 0 aliphatic heterocycles. The Morgan fingerprint density at radius 3 is 2.59 bits per heavy atom. The second-order valence-electron chi connectivity index (χ2n) is 3.87. The summed E-state index contributed by atoms with van der Waals surface area (Å²) in [7, 11) is 1.48. The predicted octanol–water partition coefficient (Wildman–Crippen LogP) is 1.59. The molecular weight excluding hydrogens is 235 g/mol. The van der Waals surface area contributed by atoms with Crippen LogP contribution in [0.1, 0.15) is 18.3 Å². The minimum Gasteiger partial charge on any atom is -0.359 e. The number of halogens is 3. The van der Waals surface area contributed by atoms with Crippen molar-refractivity contribution in [3.8, 4) is 0 Å². The van der Waals surface area contributed by atoms with Gasteiger partial charge in [0.2, 0.25) is 5.91 Å². The predicted molar refractivity (Wildman–Crippen MR) is 55.2 cm³/mol. The van der Waals surface area contributed by atoms with Gasteiger partial charge >= 0.3 is 6.18 Å². The Kier molecular flexibility index (Phi) is 3.79. The summed E-state index contributed by atoms with van der Waals surface area (Å²) in [6, 6.07) is 0.969. The van der Waals surface area contributed by atoms with Gasteiger partial charge in [-0.05, 0) is 13.0 Å². The molecule has 0 fully saturated rings. The molecule has 1 N–H and O–H groups in total. The number of rotatable bonds is 3. The number of alkyl halides is 3. The molecule has 96 valence electrons. The smallest absolute Gasteiger partial charge is 0.359 e. The molecule has 0 radical (unpaired) electrons. The van der Waals surface area contributed by atoms with Gasteiger partial charge in [0, 0.05) is 12.7 Å². The second kappa shape index (κ2) is 4.77. The molecule has 0 saturated heterocycles. The standard InChI is InChI=1S/C10H14F3N3O/c1-6(9(17)14-3)5-16-7(2)4-8(15-16)10(11,12)13/h4,6H,5H2,1-3H3,(H,14,17). The number of aryl methyl sites for hydroxylation is 1. The van der Waals surface area contributed by atoms with E-state index in [1.54, 1.807) is 6.92 Å². The number of aromatic nitrogens is 2. The summed E-state index contributed by atoms with van der Waals surface area (Å²) in [6.45, 7) is 3.29. The van der Waals surface area contributed by atoms with Gasteiger partial charge in [0.15, 0.2) is 5.69 Å². The average Bonchev–Trinajstić information content (AvgIpc) is 2.58. The van der Waals surface area contributed by atoms with Crippen molar-refractivity contribution in [1.29, 1.82) is 0 Å². The lowest BCUT2D eigenvalue weighted by Crippen LogP contribution is -2.29. The van der Waals surface area contributed by atoms with Crippen molar-refractivity contribution in [3.63, 3.8) is 0 Å². The molecule has 0 spiro atoms. The van der Waals surface area contributed by atoms with Gasteiger partial charge in [-0.15, -0.1) is 0 Å². The van der Waals surface area contributed by atoms with Gasteiger partial charge in [-0.2, -0.15) is 18.3 Å². The summed E-state index contributed by atoms with van der Waals surface area (Å²) in [5, 5.41) is 5.89. The molecule has 0 saturated carbocycles. The Bertz CT molecular complexity index is 411. The van der Waals surface area contributed by atoms with Crippen LogP contribution in [-0.4, -0.2) is 22.7 Å². The summed E-state index contributed by atoms with van der Waals surface area (Å²) in [5.41, 5.74) is -0.549. The van der Waals surface area contributed by atoms with Crippen molar-refractivity contribution in [3.05, 3.63) is 17.5 Å². The molecule has 7 heteroatoms. The van der Waals surface area contributed by atoms with E-state index in [1.165, 1.54) is 18.7 Å². The van der Waals surface area contributed by atoms with Gasteiger partial charge in [0.1, 0.15) is 0 Å². The first-order valence-corrected chi connectivity index (χ1v) is 5.09. The van der Waals surface area contributed by atoms with E-state index in [1.807, 2.05) is 0 Å². The van der Waals surface area contributed by atoms with Gasteiger partial charge < -0.3 is 5.32 Å². The van der Waals surface area contributed by atoms with Crippen molar-refractivity contribution in [2.45, 2.75) is 26.6 Å². The maximum absolute atomic E-state index is 12.4. The number of carbonyl (C=O) groups is 1. The molecule has 0 aromatic carbocycles. The van der Waals surface area contributed by atoms with Crippen LogP contribution in [0.15, 0.2) is 6.07 Å². The Morgan fingerprint density at radius 2 is 2.18 bits per heavy atom. The maximum atomic E-state index is 12.4. The number of hydrogen-bond donors (Lipinski definition) is 1. The molecule has 1 rings (SSSR count). The van der Waals surface area contributed by atoms with Crippen molar-refractivity contribution in [2.24, 2.45) is 5.92 Å². The summed E-state index contributed by atoms with van der Waals surface area (Å²) in [4.78, 5) is 11.3. The molecule has 0 aliphatic carbocycles. The fraction of sp³-hybridized carbons (Fsp3) is 0.600. The Hall–Kier alpha value is -1.53. The van der Waals surface area contributed by atoms with Crippen molar-refractivity contribution >= 4 is 5.91 Å². The highest BCUT2D eigenvalue weighted by Gasteiger charge is 2.34. The number of carbonyl (C=O) groups excluding carboxylic acids is 1. The van der Waals surface area contributed by atoms with Crippen molar-refractivity contribution in [2.75, 3.05) is 7.05 Å². The van der Waals surface area contributed by atoms with E-state index in [0.717, 1.165) is 6.07 Å². The van der Waals surface area contributed by atoms with Crippen LogP contribution in [0.2, 0.25) is 0 Å². The molecule has 0 aliphatic rings. The summed E-state index contributed by atoms with van der Waals surface area (Å²) in [6.07, 6.45) is -4.45. The van der Waals surface area contributed by atoms with Crippen molar-refractivity contribution in [1.82, 2.24) is 15.1 Å². The lowest BCUT2D eigenvalue weighted by molar-refractivity contribution is -0.141. The van der Waals surface area contributed by atoms with E-state index in [-0.39, 0.29) is 12.5 Å². The third kappa shape index (κ3) is 3.21. The maximum Gasteiger partial charge on any atom is 0.435 e. The van der Waals surface area contributed by atoms with E-state index in [2.05, 4.69) is 10.4 Å². The van der Waals surface area contributed by atoms with Gasteiger partial charge in [-0.3, -0.25) is 9.48 Å².